The average molecular weight is 490 g/mol. The van der Waals surface area contributed by atoms with Crippen molar-refractivity contribution < 1.29 is 0 Å². The molecule has 0 radical (unpaired) electrons. The molecule has 4 aromatic carbocycles. The quantitative estimate of drug-likeness (QED) is 0.247. The number of hydrogen-bond donors (Lipinski definition) is 0. The summed E-state index contributed by atoms with van der Waals surface area (Å²) in [5.74, 6) is 0.883. The SMILES string of the molecule is Brc1ccc2c3ccccc3n(-c3cc(N(c4ccccc4)c4ccccc4)ccn3)c2c1. The molecule has 0 saturated heterocycles. The molecule has 4 heteroatoms. The Morgan fingerprint density at radius 2 is 1.21 bits per heavy atom. The molecule has 0 unspecified atom stereocenters. The van der Waals surface area contributed by atoms with Gasteiger partial charge in [0, 0.05) is 38.9 Å². The van der Waals surface area contributed by atoms with E-state index >= 15 is 0 Å². The Kier molecular flexibility index (Phi) is 4.93. The van der Waals surface area contributed by atoms with Gasteiger partial charge in [-0.15, -0.1) is 0 Å². The van der Waals surface area contributed by atoms with Crippen LogP contribution in [0.1, 0.15) is 0 Å². The molecule has 6 aromatic rings. The molecule has 2 aromatic heterocycles. The second kappa shape index (κ2) is 8.23. The van der Waals surface area contributed by atoms with Crippen LogP contribution >= 0.6 is 15.9 Å². The number of para-hydroxylation sites is 3. The van der Waals surface area contributed by atoms with Gasteiger partial charge >= 0.3 is 0 Å². The lowest BCUT2D eigenvalue weighted by molar-refractivity contribution is 1.07. The van der Waals surface area contributed by atoms with E-state index in [1.54, 1.807) is 0 Å². The first-order valence-corrected chi connectivity index (χ1v) is 11.6. The maximum absolute atomic E-state index is 4.80. The highest BCUT2D eigenvalue weighted by molar-refractivity contribution is 9.10. The van der Waals surface area contributed by atoms with E-state index in [-0.39, 0.29) is 0 Å². The van der Waals surface area contributed by atoms with Crippen molar-refractivity contribution in [3.05, 3.63) is 126 Å². The van der Waals surface area contributed by atoms with Crippen LogP contribution in [0.15, 0.2) is 126 Å². The van der Waals surface area contributed by atoms with Gasteiger partial charge in [0.25, 0.3) is 0 Å². The number of rotatable bonds is 4. The van der Waals surface area contributed by atoms with Gasteiger partial charge in [-0.05, 0) is 48.5 Å². The molecule has 3 nitrogen and oxygen atoms in total. The standard InChI is InChI=1S/C29H20BrN3/c30-21-15-16-26-25-13-7-8-14-27(25)33(28(26)19-21)29-20-24(17-18-31-29)32(22-9-3-1-4-10-22)23-11-5-2-6-12-23/h1-20H. The highest BCUT2D eigenvalue weighted by Crippen LogP contribution is 2.37. The van der Waals surface area contributed by atoms with Gasteiger partial charge < -0.3 is 4.90 Å². The summed E-state index contributed by atoms with van der Waals surface area (Å²) >= 11 is 3.65. The molecule has 0 aliphatic carbocycles. The van der Waals surface area contributed by atoms with Crippen molar-refractivity contribution in [1.82, 2.24) is 9.55 Å². The Labute approximate surface area is 200 Å². The van der Waals surface area contributed by atoms with Crippen LogP contribution in [0.3, 0.4) is 0 Å². The van der Waals surface area contributed by atoms with E-state index in [1.165, 1.54) is 10.8 Å². The molecule has 158 valence electrons. The highest BCUT2D eigenvalue weighted by Gasteiger charge is 2.16. The van der Waals surface area contributed by atoms with Gasteiger partial charge in [-0.2, -0.15) is 0 Å². The fourth-order valence-electron chi connectivity index (χ4n) is 4.46. The fourth-order valence-corrected chi connectivity index (χ4v) is 4.81. The van der Waals surface area contributed by atoms with Crippen LogP contribution in [-0.4, -0.2) is 9.55 Å². The van der Waals surface area contributed by atoms with Crippen molar-refractivity contribution in [2.24, 2.45) is 0 Å². The Hall–Kier alpha value is -3.89. The molecule has 33 heavy (non-hydrogen) atoms. The van der Waals surface area contributed by atoms with E-state index < -0.39 is 0 Å². The van der Waals surface area contributed by atoms with Gasteiger partial charge in [0.15, 0.2) is 0 Å². The third-order valence-electron chi connectivity index (χ3n) is 5.88. The largest absolute Gasteiger partial charge is 0.310 e. The van der Waals surface area contributed by atoms with E-state index in [0.29, 0.717) is 0 Å². The Morgan fingerprint density at radius 3 is 1.94 bits per heavy atom. The first-order chi connectivity index (χ1) is 16.3. The third-order valence-corrected chi connectivity index (χ3v) is 6.37. The molecule has 0 amide bonds. The molecule has 0 saturated carbocycles. The number of benzene rings is 4. The van der Waals surface area contributed by atoms with Crippen molar-refractivity contribution in [3.8, 4) is 5.82 Å². The number of anilines is 3. The van der Waals surface area contributed by atoms with Crippen LogP contribution in [0, 0.1) is 0 Å². The van der Waals surface area contributed by atoms with Crippen LogP contribution in [0.2, 0.25) is 0 Å². The predicted octanol–water partition coefficient (Wildman–Crippen LogP) is 8.41. The molecule has 0 N–H and O–H groups in total. The summed E-state index contributed by atoms with van der Waals surface area (Å²) in [5, 5.41) is 2.43. The molecule has 0 fully saturated rings. The first kappa shape index (κ1) is 19.8. The van der Waals surface area contributed by atoms with Crippen LogP contribution < -0.4 is 4.90 Å². The van der Waals surface area contributed by atoms with E-state index in [4.69, 9.17) is 4.98 Å². The molecule has 0 aliphatic rings. The van der Waals surface area contributed by atoms with Gasteiger partial charge in [0.05, 0.1) is 16.7 Å². The number of aromatic nitrogens is 2. The number of hydrogen-bond acceptors (Lipinski definition) is 2. The number of halogens is 1. The average Bonchev–Trinajstić information content (AvgIpc) is 3.19. The van der Waals surface area contributed by atoms with Crippen LogP contribution in [-0.2, 0) is 0 Å². The van der Waals surface area contributed by atoms with Gasteiger partial charge in [-0.3, -0.25) is 4.57 Å². The van der Waals surface area contributed by atoms with E-state index in [1.807, 2.05) is 18.3 Å². The Morgan fingerprint density at radius 1 is 0.576 bits per heavy atom. The molecule has 0 spiro atoms. The summed E-state index contributed by atoms with van der Waals surface area (Å²) in [6.07, 6.45) is 1.89. The predicted molar refractivity (Wildman–Crippen MR) is 141 cm³/mol. The molecule has 2 heterocycles. The summed E-state index contributed by atoms with van der Waals surface area (Å²) < 4.78 is 3.29. The van der Waals surface area contributed by atoms with Gasteiger partial charge in [0.2, 0.25) is 0 Å². The first-order valence-electron chi connectivity index (χ1n) is 10.8. The van der Waals surface area contributed by atoms with E-state index in [2.05, 4.69) is 129 Å². The second-order valence-corrected chi connectivity index (χ2v) is 8.81. The lowest BCUT2D eigenvalue weighted by Crippen LogP contribution is -2.10. The summed E-state index contributed by atoms with van der Waals surface area (Å²) in [6.45, 7) is 0. The van der Waals surface area contributed by atoms with Crippen LogP contribution in [0.4, 0.5) is 17.1 Å². The summed E-state index contributed by atoms with van der Waals surface area (Å²) in [4.78, 5) is 7.06. The smallest absolute Gasteiger partial charge is 0.139 e. The lowest BCUT2D eigenvalue weighted by atomic mass is 10.2. The molecule has 6 rings (SSSR count). The zero-order chi connectivity index (χ0) is 22.2. The summed E-state index contributed by atoms with van der Waals surface area (Å²) in [5.41, 5.74) is 5.53. The maximum atomic E-state index is 4.80. The van der Waals surface area contributed by atoms with Crippen molar-refractivity contribution in [2.45, 2.75) is 0 Å². The Balaban J connectivity index is 1.60. The molecular weight excluding hydrogens is 470 g/mol. The minimum Gasteiger partial charge on any atom is -0.310 e. The van der Waals surface area contributed by atoms with Crippen LogP contribution in [0.25, 0.3) is 27.6 Å². The van der Waals surface area contributed by atoms with E-state index in [0.717, 1.165) is 38.4 Å². The van der Waals surface area contributed by atoms with Crippen molar-refractivity contribution in [1.29, 1.82) is 0 Å². The molecular formula is C29H20BrN3. The number of pyridine rings is 1. The molecule has 0 bridgehead atoms. The normalized spacial score (nSPS) is 11.2. The summed E-state index contributed by atoms with van der Waals surface area (Å²) in [6, 6.07) is 40.0. The van der Waals surface area contributed by atoms with Crippen LogP contribution in [0.5, 0.6) is 0 Å². The van der Waals surface area contributed by atoms with Crippen molar-refractivity contribution >= 4 is 54.8 Å². The third kappa shape index (κ3) is 3.49. The lowest BCUT2D eigenvalue weighted by Gasteiger charge is -2.25. The fraction of sp³-hybridized carbons (Fsp3) is 0. The maximum Gasteiger partial charge on any atom is 0.139 e. The highest BCUT2D eigenvalue weighted by atomic mass is 79.9. The minimum absolute atomic E-state index is 0.883. The van der Waals surface area contributed by atoms with Gasteiger partial charge in [-0.25, -0.2) is 4.98 Å². The minimum atomic E-state index is 0.883. The molecule has 0 atom stereocenters. The second-order valence-electron chi connectivity index (χ2n) is 7.89. The zero-order valence-corrected chi connectivity index (χ0v) is 19.4. The van der Waals surface area contributed by atoms with E-state index in [9.17, 15) is 0 Å². The number of nitrogens with zero attached hydrogens (tertiary/aromatic N) is 3. The van der Waals surface area contributed by atoms with Crippen molar-refractivity contribution in [3.63, 3.8) is 0 Å². The zero-order valence-electron chi connectivity index (χ0n) is 17.8. The van der Waals surface area contributed by atoms with Gasteiger partial charge in [-0.1, -0.05) is 76.6 Å². The van der Waals surface area contributed by atoms with Crippen molar-refractivity contribution in [2.75, 3.05) is 4.90 Å². The monoisotopic (exact) mass is 489 g/mol. The summed E-state index contributed by atoms with van der Waals surface area (Å²) in [7, 11) is 0. The molecule has 0 aliphatic heterocycles. The van der Waals surface area contributed by atoms with Gasteiger partial charge in [0.1, 0.15) is 5.82 Å². The Bertz CT molecular complexity index is 1530. The number of fused-ring (bicyclic) bond motifs is 3. The topological polar surface area (TPSA) is 21.1 Å².